The van der Waals surface area contributed by atoms with Gasteiger partial charge in [-0.3, -0.25) is 0 Å². The summed E-state index contributed by atoms with van der Waals surface area (Å²) in [7, 11) is 0. The molecular formula is C13H15N. The highest BCUT2D eigenvalue weighted by Gasteiger charge is 2.19. The second-order valence-electron chi connectivity index (χ2n) is 3.88. The van der Waals surface area contributed by atoms with E-state index in [1.807, 2.05) is 18.2 Å². The minimum Gasteiger partial charge on any atom is -0.385 e. The molecule has 0 spiro atoms. The SMILES string of the molecule is C#Cc1cccc(NCCC2CC2)c1. The number of nitrogens with one attached hydrogen (secondary N) is 1. The van der Waals surface area contributed by atoms with E-state index < -0.39 is 0 Å². The van der Waals surface area contributed by atoms with Crippen LogP contribution in [0.1, 0.15) is 24.8 Å². The maximum Gasteiger partial charge on any atom is 0.0352 e. The average molecular weight is 185 g/mol. The van der Waals surface area contributed by atoms with Crippen LogP contribution in [0.25, 0.3) is 0 Å². The van der Waals surface area contributed by atoms with E-state index in [2.05, 4.69) is 17.3 Å². The Morgan fingerprint density at radius 2 is 2.29 bits per heavy atom. The fourth-order valence-corrected chi connectivity index (χ4v) is 1.55. The molecule has 1 aliphatic rings. The molecule has 0 radical (unpaired) electrons. The van der Waals surface area contributed by atoms with Crippen LogP contribution in [0, 0.1) is 18.3 Å². The van der Waals surface area contributed by atoms with Gasteiger partial charge in [-0.25, -0.2) is 0 Å². The zero-order chi connectivity index (χ0) is 9.80. The summed E-state index contributed by atoms with van der Waals surface area (Å²) in [5.41, 5.74) is 2.09. The summed E-state index contributed by atoms with van der Waals surface area (Å²) in [5.74, 6) is 3.62. The summed E-state index contributed by atoms with van der Waals surface area (Å²) in [6.45, 7) is 1.07. The van der Waals surface area contributed by atoms with E-state index in [1.165, 1.54) is 19.3 Å². The van der Waals surface area contributed by atoms with Crippen molar-refractivity contribution in [2.24, 2.45) is 5.92 Å². The zero-order valence-corrected chi connectivity index (χ0v) is 8.29. The molecule has 0 bridgehead atoms. The Hall–Kier alpha value is -1.42. The average Bonchev–Trinajstić information content (AvgIpc) is 3.02. The van der Waals surface area contributed by atoms with Crippen molar-refractivity contribution in [1.29, 1.82) is 0 Å². The molecule has 1 fully saturated rings. The predicted molar refractivity (Wildman–Crippen MR) is 60.2 cm³/mol. The smallest absolute Gasteiger partial charge is 0.0352 e. The number of anilines is 1. The van der Waals surface area contributed by atoms with Crippen LogP contribution in [-0.4, -0.2) is 6.54 Å². The van der Waals surface area contributed by atoms with E-state index in [0.29, 0.717) is 0 Å². The quantitative estimate of drug-likeness (QED) is 0.711. The van der Waals surface area contributed by atoms with Crippen molar-refractivity contribution < 1.29 is 0 Å². The lowest BCUT2D eigenvalue weighted by Crippen LogP contribution is -2.02. The first-order valence-corrected chi connectivity index (χ1v) is 5.19. The molecule has 2 rings (SSSR count). The van der Waals surface area contributed by atoms with Gasteiger partial charge in [0.15, 0.2) is 0 Å². The highest BCUT2D eigenvalue weighted by Crippen LogP contribution is 2.32. The van der Waals surface area contributed by atoms with Crippen LogP contribution in [0.2, 0.25) is 0 Å². The number of benzene rings is 1. The number of hydrogen-bond acceptors (Lipinski definition) is 1. The standard InChI is InChI=1S/C13H15N/c1-2-11-4-3-5-13(10-11)14-9-8-12-6-7-12/h1,3-5,10,12,14H,6-9H2. The summed E-state index contributed by atoms with van der Waals surface area (Å²) in [6.07, 6.45) is 9.47. The van der Waals surface area contributed by atoms with Gasteiger partial charge >= 0.3 is 0 Å². The van der Waals surface area contributed by atoms with Crippen molar-refractivity contribution in [3.63, 3.8) is 0 Å². The molecule has 0 saturated heterocycles. The molecule has 1 N–H and O–H groups in total. The number of rotatable bonds is 4. The van der Waals surface area contributed by atoms with Gasteiger partial charge in [-0.05, 0) is 30.5 Å². The fraction of sp³-hybridized carbons (Fsp3) is 0.385. The molecular weight excluding hydrogens is 170 g/mol. The lowest BCUT2D eigenvalue weighted by Gasteiger charge is -2.05. The Morgan fingerprint density at radius 1 is 1.43 bits per heavy atom. The number of hydrogen-bond donors (Lipinski definition) is 1. The molecule has 0 atom stereocenters. The third-order valence-corrected chi connectivity index (χ3v) is 2.61. The van der Waals surface area contributed by atoms with Crippen LogP contribution in [0.15, 0.2) is 24.3 Å². The Morgan fingerprint density at radius 3 is 3.00 bits per heavy atom. The van der Waals surface area contributed by atoms with E-state index in [-0.39, 0.29) is 0 Å². The van der Waals surface area contributed by atoms with Gasteiger partial charge in [0.05, 0.1) is 0 Å². The first-order valence-electron chi connectivity index (χ1n) is 5.19. The van der Waals surface area contributed by atoms with Crippen molar-refractivity contribution in [2.75, 3.05) is 11.9 Å². The van der Waals surface area contributed by atoms with Crippen LogP contribution < -0.4 is 5.32 Å². The third kappa shape index (κ3) is 2.53. The van der Waals surface area contributed by atoms with Crippen molar-refractivity contribution >= 4 is 5.69 Å². The maximum atomic E-state index is 5.33. The molecule has 0 aliphatic heterocycles. The molecule has 1 aromatic carbocycles. The molecule has 0 amide bonds. The summed E-state index contributed by atoms with van der Waals surface area (Å²) in [4.78, 5) is 0. The van der Waals surface area contributed by atoms with Gasteiger partial charge in [0.1, 0.15) is 0 Å². The van der Waals surface area contributed by atoms with Crippen LogP contribution in [-0.2, 0) is 0 Å². The van der Waals surface area contributed by atoms with Crippen molar-refractivity contribution in [1.82, 2.24) is 0 Å². The molecule has 72 valence electrons. The van der Waals surface area contributed by atoms with E-state index in [4.69, 9.17) is 6.42 Å². The van der Waals surface area contributed by atoms with E-state index in [0.717, 1.165) is 23.7 Å². The van der Waals surface area contributed by atoms with Gasteiger partial charge in [-0.2, -0.15) is 0 Å². The lowest BCUT2D eigenvalue weighted by molar-refractivity contribution is 0.760. The molecule has 1 aliphatic carbocycles. The lowest BCUT2D eigenvalue weighted by atomic mass is 10.2. The van der Waals surface area contributed by atoms with E-state index >= 15 is 0 Å². The normalized spacial score (nSPS) is 14.8. The largest absolute Gasteiger partial charge is 0.385 e. The Kier molecular flexibility index (Phi) is 2.74. The monoisotopic (exact) mass is 185 g/mol. The van der Waals surface area contributed by atoms with Crippen LogP contribution in [0.5, 0.6) is 0 Å². The summed E-state index contributed by atoms with van der Waals surface area (Å²) in [5, 5.41) is 3.40. The van der Waals surface area contributed by atoms with Gasteiger partial charge < -0.3 is 5.32 Å². The van der Waals surface area contributed by atoms with Gasteiger partial charge in [0.25, 0.3) is 0 Å². The van der Waals surface area contributed by atoms with Crippen molar-refractivity contribution in [3.05, 3.63) is 29.8 Å². The second kappa shape index (κ2) is 4.19. The van der Waals surface area contributed by atoms with Crippen LogP contribution >= 0.6 is 0 Å². The topological polar surface area (TPSA) is 12.0 Å². The Labute approximate surface area is 85.5 Å². The third-order valence-electron chi connectivity index (χ3n) is 2.61. The van der Waals surface area contributed by atoms with Crippen molar-refractivity contribution in [2.45, 2.75) is 19.3 Å². The molecule has 0 unspecified atom stereocenters. The molecule has 14 heavy (non-hydrogen) atoms. The molecule has 1 nitrogen and oxygen atoms in total. The second-order valence-corrected chi connectivity index (χ2v) is 3.88. The first-order chi connectivity index (χ1) is 6.88. The summed E-state index contributed by atoms with van der Waals surface area (Å²) < 4.78 is 0. The number of terminal acetylenes is 1. The molecule has 1 heteroatoms. The minimum absolute atomic E-state index is 0.946. The zero-order valence-electron chi connectivity index (χ0n) is 8.29. The fourth-order valence-electron chi connectivity index (χ4n) is 1.55. The highest BCUT2D eigenvalue weighted by molar-refractivity contribution is 5.49. The van der Waals surface area contributed by atoms with E-state index in [1.54, 1.807) is 0 Å². The van der Waals surface area contributed by atoms with E-state index in [9.17, 15) is 0 Å². The Balaban J connectivity index is 1.85. The molecule has 1 aromatic rings. The first kappa shape index (κ1) is 9.15. The summed E-state index contributed by atoms with van der Waals surface area (Å²) in [6, 6.07) is 8.03. The van der Waals surface area contributed by atoms with Crippen molar-refractivity contribution in [3.8, 4) is 12.3 Å². The predicted octanol–water partition coefficient (Wildman–Crippen LogP) is 2.88. The maximum absolute atomic E-state index is 5.33. The molecule has 0 heterocycles. The van der Waals surface area contributed by atoms with Crippen LogP contribution in [0.3, 0.4) is 0 Å². The van der Waals surface area contributed by atoms with Gasteiger partial charge in [-0.1, -0.05) is 24.8 Å². The molecule has 1 saturated carbocycles. The highest BCUT2D eigenvalue weighted by atomic mass is 14.9. The van der Waals surface area contributed by atoms with Gasteiger partial charge in [-0.15, -0.1) is 6.42 Å². The minimum atomic E-state index is 0.946. The summed E-state index contributed by atoms with van der Waals surface area (Å²) >= 11 is 0. The van der Waals surface area contributed by atoms with Crippen LogP contribution in [0.4, 0.5) is 5.69 Å². The molecule has 0 aromatic heterocycles. The Bertz CT molecular complexity index is 344. The van der Waals surface area contributed by atoms with Gasteiger partial charge in [0.2, 0.25) is 0 Å². The van der Waals surface area contributed by atoms with Gasteiger partial charge in [0, 0.05) is 17.8 Å².